The van der Waals surface area contributed by atoms with Gasteiger partial charge in [0.25, 0.3) is 0 Å². The lowest BCUT2D eigenvalue weighted by molar-refractivity contribution is 0.205. The van der Waals surface area contributed by atoms with Crippen LogP contribution in [0.15, 0.2) is 60.5 Å². The number of benzene rings is 2. The summed E-state index contributed by atoms with van der Waals surface area (Å²) in [7, 11) is 0. The monoisotopic (exact) mass is 452 g/mol. The molecular formula is C25H26F2N4S. The molecule has 2 aromatic heterocycles. The second kappa shape index (κ2) is 8.90. The van der Waals surface area contributed by atoms with Gasteiger partial charge in [0, 0.05) is 28.3 Å². The van der Waals surface area contributed by atoms with Crippen LogP contribution in [0, 0.1) is 24.5 Å². The smallest absolute Gasteiger partial charge is 0.137 e. The van der Waals surface area contributed by atoms with Crippen LogP contribution in [-0.4, -0.2) is 19.7 Å². The van der Waals surface area contributed by atoms with Gasteiger partial charge in [-0.15, -0.1) is 11.3 Å². The fourth-order valence-corrected chi connectivity index (χ4v) is 5.45. The molecular weight excluding hydrogens is 426 g/mol. The van der Waals surface area contributed by atoms with Crippen molar-refractivity contribution in [3.8, 4) is 11.3 Å². The molecule has 2 aromatic carbocycles. The largest absolute Gasteiger partial charge is 0.252 e. The van der Waals surface area contributed by atoms with Crippen molar-refractivity contribution in [2.24, 2.45) is 5.92 Å². The van der Waals surface area contributed by atoms with Gasteiger partial charge in [-0.2, -0.15) is 5.10 Å². The van der Waals surface area contributed by atoms with Crippen molar-refractivity contribution in [2.45, 2.75) is 45.6 Å². The molecule has 0 amide bonds. The Balaban J connectivity index is 1.83. The number of nitrogens with zero attached hydrogens (tertiary/aromatic N) is 4. The minimum atomic E-state index is -0.714. The summed E-state index contributed by atoms with van der Waals surface area (Å²) in [5.41, 5.74) is 2.88. The summed E-state index contributed by atoms with van der Waals surface area (Å²) in [6.45, 7) is 8.64. The second-order valence-corrected chi connectivity index (χ2v) is 9.46. The van der Waals surface area contributed by atoms with Crippen LogP contribution in [0.4, 0.5) is 8.78 Å². The molecule has 2 unspecified atom stereocenters. The average molecular weight is 453 g/mol. The van der Waals surface area contributed by atoms with Gasteiger partial charge in [-0.1, -0.05) is 56.7 Å². The molecule has 0 fully saturated rings. The van der Waals surface area contributed by atoms with Crippen LogP contribution in [0.3, 0.4) is 0 Å². The van der Waals surface area contributed by atoms with Gasteiger partial charge in [0.1, 0.15) is 24.3 Å². The minimum absolute atomic E-state index is 0.00776. The first kappa shape index (κ1) is 22.3. The molecule has 32 heavy (non-hydrogen) atoms. The minimum Gasteiger partial charge on any atom is -0.252 e. The molecule has 7 heteroatoms. The molecule has 0 aliphatic heterocycles. The third kappa shape index (κ3) is 4.09. The molecule has 0 bridgehead atoms. The lowest BCUT2D eigenvalue weighted by atomic mass is 9.63. The van der Waals surface area contributed by atoms with Crippen LogP contribution in [0.2, 0.25) is 0 Å². The zero-order valence-corrected chi connectivity index (χ0v) is 19.4. The predicted octanol–water partition coefficient (Wildman–Crippen LogP) is 6.39. The molecule has 0 radical (unpaired) electrons. The number of thiazole rings is 1. The van der Waals surface area contributed by atoms with Crippen molar-refractivity contribution in [1.82, 2.24) is 19.7 Å². The number of aromatic nitrogens is 4. The standard InChI is InChI=1S/C25H26F2N4S/c1-16(2)25(13-31-15-28-14-29-31,21-10-9-20(26)11-22(21)27)18(4)24-30-23(12-32-24)19-7-5-17(3)6-8-19/h5-12,14-16,18H,13H2,1-4H3. The summed E-state index contributed by atoms with van der Waals surface area (Å²) in [4.78, 5) is 9.00. The van der Waals surface area contributed by atoms with Crippen LogP contribution < -0.4 is 0 Å². The van der Waals surface area contributed by atoms with Crippen molar-refractivity contribution in [3.63, 3.8) is 0 Å². The van der Waals surface area contributed by atoms with Gasteiger partial charge < -0.3 is 0 Å². The molecule has 4 rings (SSSR count). The first-order valence-corrected chi connectivity index (χ1v) is 11.5. The molecule has 166 valence electrons. The van der Waals surface area contributed by atoms with Crippen LogP contribution in [0.25, 0.3) is 11.3 Å². The highest BCUT2D eigenvalue weighted by Gasteiger charge is 2.45. The van der Waals surface area contributed by atoms with Gasteiger partial charge in [0.15, 0.2) is 0 Å². The van der Waals surface area contributed by atoms with Crippen molar-refractivity contribution < 1.29 is 8.78 Å². The quantitative estimate of drug-likeness (QED) is 0.326. The fourth-order valence-electron chi connectivity index (χ4n) is 4.46. The SMILES string of the molecule is Cc1ccc(-c2csc(C(C)C(Cn3cncn3)(c3ccc(F)cc3F)C(C)C)n2)cc1. The van der Waals surface area contributed by atoms with E-state index in [-0.39, 0.29) is 11.8 Å². The van der Waals surface area contributed by atoms with Crippen LogP contribution in [0.1, 0.15) is 42.8 Å². The second-order valence-electron chi connectivity index (χ2n) is 8.57. The summed E-state index contributed by atoms with van der Waals surface area (Å²) in [5.74, 6) is -1.29. The first-order valence-electron chi connectivity index (χ1n) is 10.6. The van der Waals surface area contributed by atoms with E-state index >= 15 is 4.39 Å². The molecule has 0 spiro atoms. The Morgan fingerprint density at radius 2 is 1.81 bits per heavy atom. The highest BCUT2D eigenvalue weighted by atomic mass is 32.1. The van der Waals surface area contributed by atoms with E-state index in [4.69, 9.17) is 4.98 Å². The van der Waals surface area contributed by atoms with Gasteiger partial charge >= 0.3 is 0 Å². The molecule has 0 aliphatic rings. The van der Waals surface area contributed by atoms with Gasteiger partial charge in [0.2, 0.25) is 0 Å². The summed E-state index contributed by atoms with van der Waals surface area (Å²) >= 11 is 1.56. The molecule has 0 aliphatic carbocycles. The lowest BCUT2D eigenvalue weighted by Gasteiger charge is -2.42. The lowest BCUT2D eigenvalue weighted by Crippen LogP contribution is -2.43. The molecule has 4 nitrogen and oxygen atoms in total. The maximum Gasteiger partial charge on any atom is 0.137 e. The van der Waals surface area contributed by atoms with Crippen LogP contribution in [-0.2, 0) is 12.0 Å². The van der Waals surface area contributed by atoms with Gasteiger partial charge in [0.05, 0.1) is 17.2 Å². The Morgan fingerprint density at radius 1 is 1.06 bits per heavy atom. The van der Waals surface area contributed by atoms with Gasteiger partial charge in [-0.3, -0.25) is 4.68 Å². The van der Waals surface area contributed by atoms with Crippen molar-refractivity contribution in [3.05, 3.63) is 88.3 Å². The Kier molecular flexibility index (Phi) is 6.20. The van der Waals surface area contributed by atoms with E-state index in [2.05, 4.69) is 62.0 Å². The number of aryl methyl sites for hydroxylation is 1. The van der Waals surface area contributed by atoms with E-state index in [1.807, 2.05) is 5.38 Å². The number of halogens is 2. The topological polar surface area (TPSA) is 43.6 Å². The molecule has 4 aromatic rings. The maximum absolute atomic E-state index is 15.2. The summed E-state index contributed by atoms with van der Waals surface area (Å²) in [6, 6.07) is 12.1. The summed E-state index contributed by atoms with van der Waals surface area (Å²) in [5, 5.41) is 7.23. The normalized spacial score (nSPS) is 14.5. The Labute approximate surface area is 191 Å². The first-order chi connectivity index (χ1) is 15.3. The fraction of sp³-hybridized carbons (Fsp3) is 0.320. The van der Waals surface area contributed by atoms with Gasteiger partial charge in [-0.05, 0) is 24.5 Å². The van der Waals surface area contributed by atoms with E-state index in [0.717, 1.165) is 22.3 Å². The van der Waals surface area contributed by atoms with E-state index in [1.165, 1.54) is 18.0 Å². The highest BCUT2D eigenvalue weighted by molar-refractivity contribution is 7.10. The number of hydrogen-bond donors (Lipinski definition) is 0. The molecule has 0 N–H and O–H groups in total. The Bertz CT molecular complexity index is 1190. The average Bonchev–Trinajstić information content (AvgIpc) is 3.44. The van der Waals surface area contributed by atoms with E-state index in [9.17, 15) is 4.39 Å². The van der Waals surface area contributed by atoms with Crippen molar-refractivity contribution >= 4 is 11.3 Å². The molecule has 2 atom stereocenters. The molecule has 0 saturated heterocycles. The van der Waals surface area contributed by atoms with E-state index < -0.39 is 17.0 Å². The maximum atomic E-state index is 15.2. The number of rotatable bonds is 7. The Morgan fingerprint density at radius 3 is 2.44 bits per heavy atom. The molecule has 0 saturated carbocycles. The van der Waals surface area contributed by atoms with Crippen molar-refractivity contribution in [1.29, 1.82) is 0 Å². The molecule has 2 heterocycles. The zero-order valence-electron chi connectivity index (χ0n) is 18.6. The van der Waals surface area contributed by atoms with Gasteiger partial charge in [-0.25, -0.2) is 18.7 Å². The van der Waals surface area contributed by atoms with E-state index in [0.29, 0.717) is 12.1 Å². The van der Waals surface area contributed by atoms with Crippen LogP contribution >= 0.6 is 11.3 Å². The Hall–Kier alpha value is -2.93. The number of hydrogen-bond acceptors (Lipinski definition) is 4. The van der Waals surface area contributed by atoms with Crippen LogP contribution in [0.5, 0.6) is 0 Å². The summed E-state index contributed by atoms with van der Waals surface area (Å²) < 4.78 is 30.7. The zero-order chi connectivity index (χ0) is 22.9. The third-order valence-electron chi connectivity index (χ3n) is 6.37. The third-order valence-corrected chi connectivity index (χ3v) is 7.39. The predicted molar refractivity (Wildman–Crippen MR) is 124 cm³/mol. The van der Waals surface area contributed by atoms with E-state index in [1.54, 1.807) is 28.4 Å². The summed E-state index contributed by atoms with van der Waals surface area (Å²) in [6.07, 6.45) is 3.10. The van der Waals surface area contributed by atoms with Crippen molar-refractivity contribution in [2.75, 3.05) is 0 Å². The highest BCUT2D eigenvalue weighted by Crippen LogP contribution is 2.48.